The number of esters is 1. The van der Waals surface area contributed by atoms with E-state index in [0.29, 0.717) is 5.69 Å². The summed E-state index contributed by atoms with van der Waals surface area (Å²) >= 11 is 0. The second kappa shape index (κ2) is 8.06. The summed E-state index contributed by atoms with van der Waals surface area (Å²) in [5.41, 5.74) is 2.28. The number of nitrogens with one attached hydrogen (secondary N) is 1. The molecule has 7 heteroatoms. The third kappa shape index (κ3) is 4.32. The molecule has 0 aliphatic heterocycles. The number of nitrogens with zero attached hydrogens (tertiary/aromatic N) is 3. The summed E-state index contributed by atoms with van der Waals surface area (Å²) in [4.78, 5) is 25.4. The van der Waals surface area contributed by atoms with Gasteiger partial charge in [-0.2, -0.15) is 9.90 Å². The minimum absolute atomic E-state index is 0.165. The third-order valence-electron chi connectivity index (χ3n) is 3.62. The Morgan fingerprint density at radius 2 is 1.65 bits per heavy atom. The molecule has 0 radical (unpaired) electrons. The number of benzene rings is 2. The van der Waals surface area contributed by atoms with Crippen molar-refractivity contribution in [2.45, 2.75) is 13.5 Å². The van der Waals surface area contributed by atoms with E-state index < -0.39 is 11.9 Å². The van der Waals surface area contributed by atoms with E-state index in [1.165, 1.54) is 4.80 Å². The molecule has 0 atom stereocenters. The van der Waals surface area contributed by atoms with Gasteiger partial charge in [0.25, 0.3) is 5.91 Å². The normalized spacial score (nSPS) is 10.3. The lowest BCUT2D eigenvalue weighted by atomic mass is 10.2. The fourth-order valence-electron chi connectivity index (χ4n) is 2.29. The summed E-state index contributed by atoms with van der Waals surface area (Å²) in [7, 11) is 0. The number of hydrogen-bond acceptors (Lipinski definition) is 5. The van der Waals surface area contributed by atoms with E-state index in [1.54, 1.807) is 6.92 Å². The highest BCUT2D eigenvalue weighted by Crippen LogP contribution is 2.08. The molecule has 1 amide bonds. The van der Waals surface area contributed by atoms with Gasteiger partial charge in [-0.25, -0.2) is 0 Å². The van der Waals surface area contributed by atoms with Crippen molar-refractivity contribution >= 4 is 11.9 Å². The van der Waals surface area contributed by atoms with Crippen molar-refractivity contribution in [3.63, 3.8) is 0 Å². The highest BCUT2D eigenvalue weighted by atomic mass is 16.5. The van der Waals surface area contributed by atoms with Crippen LogP contribution in [-0.4, -0.2) is 33.4 Å². The first-order chi connectivity index (χ1) is 12.6. The summed E-state index contributed by atoms with van der Waals surface area (Å²) in [6.45, 7) is 1.62. The topological polar surface area (TPSA) is 86.1 Å². The monoisotopic (exact) mass is 350 g/mol. The minimum Gasteiger partial charge on any atom is -0.460 e. The van der Waals surface area contributed by atoms with E-state index in [-0.39, 0.29) is 18.8 Å². The molecule has 0 aliphatic rings. The number of amides is 1. The second-order valence-electron chi connectivity index (χ2n) is 5.59. The highest BCUT2D eigenvalue weighted by molar-refractivity contribution is 5.95. The van der Waals surface area contributed by atoms with Gasteiger partial charge in [-0.1, -0.05) is 48.5 Å². The van der Waals surface area contributed by atoms with E-state index in [2.05, 4.69) is 15.5 Å². The zero-order valence-electron chi connectivity index (χ0n) is 14.3. The predicted molar refractivity (Wildman–Crippen MR) is 94.7 cm³/mol. The number of para-hydroxylation sites is 1. The van der Waals surface area contributed by atoms with Crippen LogP contribution in [0.25, 0.3) is 5.69 Å². The summed E-state index contributed by atoms with van der Waals surface area (Å²) in [6, 6.07) is 18.6. The average molecular weight is 350 g/mol. The maximum absolute atomic E-state index is 12.3. The Bertz CT molecular complexity index is 892. The lowest BCUT2D eigenvalue weighted by Gasteiger charge is -2.05. The molecule has 2 aromatic carbocycles. The Morgan fingerprint density at radius 1 is 1.00 bits per heavy atom. The van der Waals surface area contributed by atoms with Crippen molar-refractivity contribution in [2.24, 2.45) is 0 Å². The van der Waals surface area contributed by atoms with Crippen LogP contribution in [0.2, 0.25) is 0 Å². The number of aromatic nitrogens is 3. The Hall–Kier alpha value is -3.48. The lowest BCUT2D eigenvalue weighted by molar-refractivity contribution is -0.143. The summed E-state index contributed by atoms with van der Waals surface area (Å²) in [6.07, 6.45) is 0. The molecule has 3 aromatic rings. The fraction of sp³-hybridized carbons (Fsp3) is 0.158. The molecule has 0 aliphatic carbocycles. The molecule has 0 bridgehead atoms. The quantitative estimate of drug-likeness (QED) is 0.688. The Morgan fingerprint density at radius 3 is 2.35 bits per heavy atom. The molecule has 132 valence electrons. The highest BCUT2D eigenvalue weighted by Gasteiger charge is 2.17. The predicted octanol–water partition coefficient (Wildman–Crippen LogP) is 2.05. The van der Waals surface area contributed by atoms with E-state index >= 15 is 0 Å². The van der Waals surface area contributed by atoms with Crippen molar-refractivity contribution in [2.75, 3.05) is 6.54 Å². The molecule has 0 unspecified atom stereocenters. The fourth-order valence-corrected chi connectivity index (χ4v) is 2.29. The first-order valence-corrected chi connectivity index (χ1v) is 8.10. The first kappa shape index (κ1) is 17.3. The van der Waals surface area contributed by atoms with Gasteiger partial charge in [0.15, 0.2) is 5.69 Å². The average Bonchev–Trinajstić information content (AvgIpc) is 3.08. The van der Waals surface area contributed by atoms with Crippen molar-refractivity contribution in [1.29, 1.82) is 0 Å². The van der Waals surface area contributed by atoms with Crippen molar-refractivity contribution in [1.82, 2.24) is 20.3 Å². The van der Waals surface area contributed by atoms with Gasteiger partial charge in [-0.05, 0) is 24.6 Å². The summed E-state index contributed by atoms with van der Waals surface area (Å²) in [5, 5.41) is 10.9. The number of ether oxygens (including phenoxy) is 1. The van der Waals surface area contributed by atoms with Crippen LogP contribution in [0, 0.1) is 6.92 Å². The number of carbonyl (C=O) groups is 2. The van der Waals surface area contributed by atoms with E-state index in [0.717, 1.165) is 11.3 Å². The molecule has 7 nitrogen and oxygen atoms in total. The van der Waals surface area contributed by atoms with Crippen LogP contribution < -0.4 is 5.32 Å². The van der Waals surface area contributed by atoms with Crippen molar-refractivity contribution < 1.29 is 14.3 Å². The lowest BCUT2D eigenvalue weighted by Crippen LogP contribution is -2.31. The van der Waals surface area contributed by atoms with Gasteiger partial charge in [0.1, 0.15) is 13.2 Å². The van der Waals surface area contributed by atoms with Crippen LogP contribution in [0.5, 0.6) is 0 Å². The molecule has 1 N–H and O–H groups in total. The van der Waals surface area contributed by atoms with Crippen LogP contribution >= 0.6 is 0 Å². The SMILES string of the molecule is Cc1nn(-c2ccccc2)nc1C(=O)NCC(=O)OCc1ccccc1. The van der Waals surface area contributed by atoms with Gasteiger partial charge in [0, 0.05) is 0 Å². The zero-order valence-corrected chi connectivity index (χ0v) is 14.3. The molecule has 0 saturated carbocycles. The molecule has 1 heterocycles. The largest absolute Gasteiger partial charge is 0.460 e. The molecular weight excluding hydrogens is 332 g/mol. The maximum atomic E-state index is 12.3. The van der Waals surface area contributed by atoms with Crippen molar-refractivity contribution in [3.8, 4) is 5.69 Å². The zero-order chi connectivity index (χ0) is 18.4. The molecule has 1 aromatic heterocycles. The van der Waals surface area contributed by atoms with E-state index in [4.69, 9.17) is 4.74 Å². The van der Waals surface area contributed by atoms with Crippen LogP contribution in [0.4, 0.5) is 0 Å². The second-order valence-corrected chi connectivity index (χ2v) is 5.59. The van der Waals surface area contributed by atoms with Crippen LogP contribution in [0.15, 0.2) is 60.7 Å². The molecular formula is C19H18N4O3. The number of aryl methyl sites for hydroxylation is 1. The van der Waals surface area contributed by atoms with Crippen LogP contribution in [0.3, 0.4) is 0 Å². The Kier molecular flexibility index (Phi) is 5.38. The van der Waals surface area contributed by atoms with E-state index in [1.807, 2.05) is 60.7 Å². The number of rotatable bonds is 6. The molecule has 0 spiro atoms. The van der Waals surface area contributed by atoms with Gasteiger partial charge in [0.05, 0.1) is 11.4 Å². The molecule has 3 rings (SSSR count). The molecule has 0 fully saturated rings. The Balaban J connectivity index is 1.55. The first-order valence-electron chi connectivity index (χ1n) is 8.10. The van der Waals surface area contributed by atoms with Gasteiger partial charge < -0.3 is 10.1 Å². The number of hydrogen-bond donors (Lipinski definition) is 1. The van der Waals surface area contributed by atoms with Crippen LogP contribution in [-0.2, 0) is 16.1 Å². The van der Waals surface area contributed by atoms with Gasteiger partial charge >= 0.3 is 5.97 Å². The summed E-state index contributed by atoms with van der Waals surface area (Å²) < 4.78 is 5.12. The minimum atomic E-state index is -0.518. The summed E-state index contributed by atoms with van der Waals surface area (Å²) in [5.74, 6) is -0.989. The van der Waals surface area contributed by atoms with Gasteiger partial charge in [0.2, 0.25) is 0 Å². The maximum Gasteiger partial charge on any atom is 0.325 e. The number of carbonyl (C=O) groups excluding carboxylic acids is 2. The molecule has 0 saturated heterocycles. The van der Waals surface area contributed by atoms with Gasteiger partial charge in [-0.3, -0.25) is 9.59 Å². The smallest absolute Gasteiger partial charge is 0.325 e. The molecule has 26 heavy (non-hydrogen) atoms. The van der Waals surface area contributed by atoms with Crippen LogP contribution in [0.1, 0.15) is 21.7 Å². The Labute approximate surface area is 150 Å². The van der Waals surface area contributed by atoms with Gasteiger partial charge in [-0.15, -0.1) is 5.10 Å². The van der Waals surface area contributed by atoms with E-state index in [9.17, 15) is 9.59 Å². The standard InChI is InChI=1S/C19H18N4O3/c1-14-18(22-23(21-14)16-10-6-3-7-11-16)19(25)20-12-17(24)26-13-15-8-4-2-5-9-15/h2-11H,12-13H2,1H3,(H,20,25). The van der Waals surface area contributed by atoms with Crippen molar-refractivity contribution in [3.05, 3.63) is 77.6 Å². The third-order valence-corrected chi connectivity index (χ3v) is 3.62.